The Hall–Kier alpha value is -0.380. The maximum absolute atomic E-state index is 5.97. The molecule has 76 valence electrons. The van der Waals surface area contributed by atoms with Crippen LogP contribution in [0.25, 0.3) is 0 Å². The van der Waals surface area contributed by atoms with Gasteiger partial charge in [-0.1, -0.05) is 11.6 Å². The molecule has 1 aliphatic rings. The van der Waals surface area contributed by atoms with Crippen molar-refractivity contribution in [1.29, 1.82) is 0 Å². The number of likely N-dealkylation sites (N-methyl/N-ethyl adjacent to an activating group) is 1. The van der Waals surface area contributed by atoms with Crippen LogP contribution in [-0.4, -0.2) is 25.4 Å². The van der Waals surface area contributed by atoms with Crippen molar-refractivity contribution in [2.45, 2.75) is 10.9 Å². The van der Waals surface area contributed by atoms with E-state index in [9.17, 15) is 0 Å². The summed E-state index contributed by atoms with van der Waals surface area (Å²) in [4.78, 5) is 3.51. The molecule has 0 saturated heterocycles. The van der Waals surface area contributed by atoms with Gasteiger partial charge in [0.05, 0.1) is 11.7 Å². The minimum absolute atomic E-state index is 0.422. The number of thioether (sulfide) groups is 1. The molecule has 1 atom stereocenters. The van der Waals surface area contributed by atoms with Crippen molar-refractivity contribution < 1.29 is 0 Å². The van der Waals surface area contributed by atoms with Crippen molar-refractivity contribution in [2.75, 3.05) is 24.2 Å². The normalized spacial score (nSPS) is 20.8. The Morgan fingerprint density at radius 1 is 1.64 bits per heavy atom. The van der Waals surface area contributed by atoms with Crippen LogP contribution in [0.1, 0.15) is 0 Å². The third-order valence-electron chi connectivity index (χ3n) is 2.55. The first-order chi connectivity index (χ1) is 6.72. The molecule has 0 bridgehead atoms. The Labute approximate surface area is 93.4 Å². The van der Waals surface area contributed by atoms with E-state index in [1.165, 1.54) is 10.6 Å². The van der Waals surface area contributed by atoms with Gasteiger partial charge < -0.3 is 10.6 Å². The molecule has 0 fully saturated rings. The number of nitrogens with two attached hydrogens (primary N) is 1. The highest BCUT2D eigenvalue weighted by Crippen LogP contribution is 2.37. The van der Waals surface area contributed by atoms with Crippen molar-refractivity contribution in [3.63, 3.8) is 0 Å². The standard InChI is InChI=1S/C10H13ClN2S/c1-13-8(5-12)6-14-10-3-2-7(11)4-9(10)13/h2-4,8H,5-6,12H2,1H3. The fraction of sp³-hybridized carbons (Fsp3) is 0.400. The van der Waals surface area contributed by atoms with Gasteiger partial charge in [0.25, 0.3) is 0 Å². The van der Waals surface area contributed by atoms with Crippen LogP contribution in [0, 0.1) is 0 Å². The molecule has 0 aromatic heterocycles. The lowest BCUT2D eigenvalue weighted by atomic mass is 10.2. The van der Waals surface area contributed by atoms with Crippen molar-refractivity contribution in [3.05, 3.63) is 23.2 Å². The van der Waals surface area contributed by atoms with Crippen LogP contribution >= 0.6 is 23.4 Å². The van der Waals surface area contributed by atoms with Crippen molar-refractivity contribution in [1.82, 2.24) is 0 Å². The molecule has 1 unspecified atom stereocenters. The second-order valence-corrected chi connectivity index (χ2v) is 4.92. The zero-order chi connectivity index (χ0) is 10.1. The second-order valence-electron chi connectivity index (χ2n) is 3.42. The summed E-state index contributed by atoms with van der Waals surface area (Å²) in [7, 11) is 2.08. The number of hydrogen-bond donors (Lipinski definition) is 1. The van der Waals surface area contributed by atoms with Crippen molar-refractivity contribution in [2.24, 2.45) is 5.73 Å². The molecule has 0 aliphatic carbocycles. The SMILES string of the molecule is CN1c2cc(Cl)ccc2SCC1CN. The largest absolute Gasteiger partial charge is 0.369 e. The first-order valence-corrected chi connectivity index (χ1v) is 5.94. The summed E-state index contributed by atoms with van der Waals surface area (Å²) in [5, 5.41) is 0.786. The molecule has 0 saturated carbocycles. The zero-order valence-electron chi connectivity index (χ0n) is 8.03. The summed E-state index contributed by atoms with van der Waals surface area (Å²) in [5.74, 6) is 1.06. The van der Waals surface area contributed by atoms with Gasteiger partial charge in [0, 0.05) is 29.3 Å². The number of anilines is 1. The molecule has 2 N–H and O–H groups in total. The molecule has 0 radical (unpaired) electrons. The Morgan fingerprint density at radius 2 is 2.43 bits per heavy atom. The van der Waals surface area contributed by atoms with Crippen LogP contribution in [0.2, 0.25) is 5.02 Å². The van der Waals surface area contributed by atoms with E-state index in [0.717, 1.165) is 10.8 Å². The predicted molar refractivity (Wildman–Crippen MR) is 63.4 cm³/mol. The van der Waals surface area contributed by atoms with E-state index in [1.54, 1.807) is 0 Å². The van der Waals surface area contributed by atoms with E-state index in [-0.39, 0.29) is 0 Å². The summed E-state index contributed by atoms with van der Waals surface area (Å²) in [5.41, 5.74) is 6.90. The van der Waals surface area contributed by atoms with E-state index in [0.29, 0.717) is 12.6 Å². The summed E-state index contributed by atoms with van der Waals surface area (Å²) >= 11 is 7.82. The monoisotopic (exact) mass is 228 g/mol. The summed E-state index contributed by atoms with van der Waals surface area (Å²) < 4.78 is 0. The fourth-order valence-corrected chi connectivity index (χ4v) is 3.02. The lowest BCUT2D eigenvalue weighted by Gasteiger charge is -2.34. The number of rotatable bonds is 1. The van der Waals surface area contributed by atoms with Gasteiger partial charge in [-0.3, -0.25) is 0 Å². The minimum Gasteiger partial charge on any atom is -0.369 e. The maximum atomic E-state index is 5.97. The van der Waals surface area contributed by atoms with Gasteiger partial charge in [0.15, 0.2) is 0 Å². The Balaban J connectivity index is 2.38. The van der Waals surface area contributed by atoms with E-state index in [1.807, 2.05) is 23.9 Å². The van der Waals surface area contributed by atoms with E-state index in [4.69, 9.17) is 17.3 Å². The van der Waals surface area contributed by atoms with Gasteiger partial charge in [-0.2, -0.15) is 0 Å². The van der Waals surface area contributed by atoms with E-state index < -0.39 is 0 Å². The lowest BCUT2D eigenvalue weighted by Crippen LogP contribution is -2.42. The highest BCUT2D eigenvalue weighted by Gasteiger charge is 2.22. The summed E-state index contributed by atoms with van der Waals surface area (Å²) in [6.07, 6.45) is 0. The van der Waals surface area contributed by atoms with Crippen LogP contribution in [0.5, 0.6) is 0 Å². The first-order valence-electron chi connectivity index (χ1n) is 4.57. The van der Waals surface area contributed by atoms with E-state index >= 15 is 0 Å². The average Bonchev–Trinajstić information content (AvgIpc) is 2.20. The minimum atomic E-state index is 0.422. The van der Waals surface area contributed by atoms with Crippen LogP contribution in [0.3, 0.4) is 0 Å². The molecular weight excluding hydrogens is 216 g/mol. The van der Waals surface area contributed by atoms with Crippen LogP contribution < -0.4 is 10.6 Å². The van der Waals surface area contributed by atoms with Gasteiger partial charge in [-0.05, 0) is 18.2 Å². The molecule has 2 nitrogen and oxygen atoms in total. The van der Waals surface area contributed by atoms with E-state index in [2.05, 4.69) is 18.0 Å². The molecule has 0 spiro atoms. The Kier molecular flexibility index (Phi) is 2.91. The molecule has 2 rings (SSSR count). The lowest BCUT2D eigenvalue weighted by molar-refractivity contribution is 0.692. The number of halogens is 1. The topological polar surface area (TPSA) is 29.3 Å². The zero-order valence-corrected chi connectivity index (χ0v) is 9.61. The van der Waals surface area contributed by atoms with Gasteiger partial charge in [-0.15, -0.1) is 11.8 Å². The average molecular weight is 229 g/mol. The third-order valence-corrected chi connectivity index (χ3v) is 3.99. The Bertz CT molecular complexity index is 343. The predicted octanol–water partition coefficient (Wildman–Crippen LogP) is 2.21. The van der Waals surface area contributed by atoms with Crippen molar-refractivity contribution in [3.8, 4) is 0 Å². The molecule has 1 aromatic rings. The summed E-state index contributed by atoms with van der Waals surface area (Å²) in [6.45, 7) is 0.690. The van der Waals surface area contributed by atoms with Gasteiger partial charge >= 0.3 is 0 Å². The third kappa shape index (κ3) is 1.72. The maximum Gasteiger partial charge on any atom is 0.0519 e. The molecule has 14 heavy (non-hydrogen) atoms. The van der Waals surface area contributed by atoms with Crippen LogP contribution in [0.15, 0.2) is 23.1 Å². The molecular formula is C10H13ClN2S. The highest BCUT2D eigenvalue weighted by atomic mass is 35.5. The van der Waals surface area contributed by atoms with Crippen LogP contribution in [0.4, 0.5) is 5.69 Å². The highest BCUT2D eigenvalue weighted by molar-refractivity contribution is 7.99. The molecule has 1 aliphatic heterocycles. The first kappa shape index (κ1) is 10.1. The second kappa shape index (κ2) is 4.01. The smallest absolute Gasteiger partial charge is 0.0519 e. The fourth-order valence-electron chi connectivity index (χ4n) is 1.61. The van der Waals surface area contributed by atoms with Crippen molar-refractivity contribution >= 4 is 29.1 Å². The molecule has 1 heterocycles. The number of fused-ring (bicyclic) bond motifs is 1. The molecule has 1 aromatic carbocycles. The summed E-state index contributed by atoms with van der Waals surface area (Å²) in [6, 6.07) is 6.44. The van der Waals surface area contributed by atoms with Gasteiger partial charge in [0.1, 0.15) is 0 Å². The number of nitrogens with zero attached hydrogens (tertiary/aromatic N) is 1. The number of hydrogen-bond acceptors (Lipinski definition) is 3. The number of benzene rings is 1. The molecule has 4 heteroatoms. The quantitative estimate of drug-likeness (QED) is 0.799. The van der Waals surface area contributed by atoms with Gasteiger partial charge in [0.2, 0.25) is 0 Å². The Morgan fingerprint density at radius 3 is 3.14 bits per heavy atom. The van der Waals surface area contributed by atoms with Crippen LogP contribution in [-0.2, 0) is 0 Å². The van der Waals surface area contributed by atoms with Gasteiger partial charge in [-0.25, -0.2) is 0 Å². The molecule has 0 amide bonds.